The fourth-order valence-corrected chi connectivity index (χ4v) is 4.88. The normalized spacial score (nSPS) is 14.5. The minimum absolute atomic E-state index is 0.110. The van der Waals surface area contributed by atoms with E-state index in [-0.39, 0.29) is 5.91 Å². The quantitative estimate of drug-likeness (QED) is 0.511. The highest BCUT2D eigenvalue weighted by molar-refractivity contribution is 6.00. The van der Waals surface area contributed by atoms with E-state index in [0.29, 0.717) is 6.54 Å². The average molecular weight is 431 g/mol. The number of carbonyl (C=O) groups excluding carboxylic acids is 1. The molecule has 1 aliphatic heterocycles. The number of imidazole rings is 1. The number of aryl methyl sites for hydroxylation is 1. The zero-order valence-corrected chi connectivity index (χ0v) is 19.2. The van der Waals surface area contributed by atoms with Gasteiger partial charge in [0.05, 0.1) is 28.9 Å². The van der Waals surface area contributed by atoms with Crippen molar-refractivity contribution in [3.8, 4) is 11.5 Å². The minimum atomic E-state index is -0.866. The Balaban J connectivity index is 1.68. The fourth-order valence-electron chi connectivity index (χ4n) is 4.88. The summed E-state index contributed by atoms with van der Waals surface area (Å²) in [6.07, 6.45) is 1.83. The van der Waals surface area contributed by atoms with E-state index in [2.05, 4.69) is 40.3 Å². The van der Waals surface area contributed by atoms with E-state index in [4.69, 9.17) is 4.98 Å². The number of hydrogen-bond acceptors (Lipinski definition) is 3. The number of nitrogens with zero attached hydrogens (tertiary/aromatic N) is 4. The van der Waals surface area contributed by atoms with Crippen LogP contribution in [-0.4, -0.2) is 48.7 Å². The summed E-state index contributed by atoms with van der Waals surface area (Å²) in [5.41, 5.74) is 4.89. The van der Waals surface area contributed by atoms with Gasteiger partial charge in [-0.25, -0.2) is 4.98 Å². The van der Waals surface area contributed by atoms with Crippen LogP contribution in [0.5, 0.6) is 0 Å². The van der Waals surface area contributed by atoms with Gasteiger partial charge < -0.3 is 19.1 Å². The van der Waals surface area contributed by atoms with E-state index in [9.17, 15) is 9.90 Å². The molecular weight excluding hydrogens is 400 g/mol. The van der Waals surface area contributed by atoms with Crippen LogP contribution < -0.4 is 0 Å². The van der Waals surface area contributed by atoms with Crippen molar-refractivity contribution in [3.63, 3.8) is 0 Å². The molecule has 0 unspecified atom stereocenters. The third kappa shape index (κ3) is 3.39. The first kappa shape index (κ1) is 20.8. The van der Waals surface area contributed by atoms with Crippen LogP contribution in [0.25, 0.3) is 33.5 Å². The molecule has 0 saturated carbocycles. The largest absolute Gasteiger partial charge is 0.389 e. The predicted octanol–water partition coefficient (Wildman–Crippen LogP) is 4.37. The van der Waals surface area contributed by atoms with E-state index in [0.717, 1.165) is 70.5 Å². The number of hydrogen-bond donors (Lipinski definition) is 1. The molecule has 166 valence electrons. The second-order valence-electron chi connectivity index (χ2n) is 9.52. The Labute approximate surface area is 188 Å². The van der Waals surface area contributed by atoms with Crippen LogP contribution in [0.15, 0.2) is 42.5 Å². The van der Waals surface area contributed by atoms with Crippen molar-refractivity contribution in [2.45, 2.75) is 45.8 Å². The number of carbonyl (C=O) groups is 1. The van der Waals surface area contributed by atoms with Gasteiger partial charge in [0, 0.05) is 36.6 Å². The summed E-state index contributed by atoms with van der Waals surface area (Å²) < 4.78 is 4.25. The van der Waals surface area contributed by atoms with E-state index >= 15 is 0 Å². The van der Waals surface area contributed by atoms with Gasteiger partial charge >= 0.3 is 0 Å². The van der Waals surface area contributed by atoms with Gasteiger partial charge in [-0.2, -0.15) is 0 Å². The van der Waals surface area contributed by atoms with E-state index in [1.165, 1.54) is 0 Å². The Kier molecular flexibility index (Phi) is 4.86. The number of aliphatic hydroxyl groups is 1. The Morgan fingerprint density at radius 3 is 2.66 bits per heavy atom. The lowest BCUT2D eigenvalue weighted by atomic mass is 9.98. The SMILES string of the molecule is CCCN1CCc2cc3c(cc2C1=O)nc(-c1cc2ccccc2n1CC(C)(C)O)n3C. The number of rotatable bonds is 5. The van der Waals surface area contributed by atoms with E-state index in [1.807, 2.05) is 44.0 Å². The van der Waals surface area contributed by atoms with E-state index in [1.54, 1.807) is 0 Å². The Morgan fingerprint density at radius 1 is 1.12 bits per heavy atom. The summed E-state index contributed by atoms with van der Waals surface area (Å²) >= 11 is 0. The lowest BCUT2D eigenvalue weighted by Crippen LogP contribution is -2.38. The highest BCUT2D eigenvalue weighted by Crippen LogP contribution is 2.33. The lowest BCUT2D eigenvalue weighted by molar-refractivity contribution is 0.0632. The second-order valence-corrected chi connectivity index (χ2v) is 9.52. The summed E-state index contributed by atoms with van der Waals surface area (Å²) in [6, 6.07) is 14.4. The summed E-state index contributed by atoms with van der Waals surface area (Å²) in [5.74, 6) is 0.944. The molecule has 5 rings (SSSR count). The molecule has 0 aliphatic carbocycles. The average Bonchev–Trinajstić information content (AvgIpc) is 3.26. The molecule has 0 saturated heterocycles. The first-order chi connectivity index (χ1) is 15.3. The minimum Gasteiger partial charge on any atom is -0.389 e. The van der Waals surface area contributed by atoms with Gasteiger partial charge in [-0.1, -0.05) is 25.1 Å². The van der Waals surface area contributed by atoms with Gasteiger partial charge in [-0.3, -0.25) is 4.79 Å². The molecule has 32 heavy (non-hydrogen) atoms. The van der Waals surface area contributed by atoms with Crippen molar-refractivity contribution < 1.29 is 9.90 Å². The van der Waals surface area contributed by atoms with Gasteiger partial charge in [0.25, 0.3) is 5.91 Å². The number of aromatic nitrogens is 3. The maximum absolute atomic E-state index is 13.0. The van der Waals surface area contributed by atoms with E-state index < -0.39 is 5.60 Å². The molecule has 3 heterocycles. The van der Waals surface area contributed by atoms with Crippen molar-refractivity contribution in [2.75, 3.05) is 13.1 Å². The molecular formula is C26H30N4O2. The van der Waals surface area contributed by atoms with Crippen LogP contribution >= 0.6 is 0 Å². The number of fused-ring (bicyclic) bond motifs is 3. The molecule has 6 heteroatoms. The van der Waals surface area contributed by atoms with Crippen LogP contribution in [-0.2, 0) is 20.0 Å². The van der Waals surface area contributed by atoms with Crippen molar-refractivity contribution in [3.05, 3.63) is 53.6 Å². The highest BCUT2D eigenvalue weighted by Gasteiger charge is 2.26. The Bertz CT molecular complexity index is 1340. The molecule has 2 aromatic heterocycles. The molecule has 1 amide bonds. The summed E-state index contributed by atoms with van der Waals surface area (Å²) in [7, 11) is 2.02. The standard InChI is InChI=1S/C26H30N4O2/c1-5-11-29-12-10-17-13-22-20(15-19(17)25(29)31)27-24(28(22)4)23-14-18-8-6-7-9-21(18)30(23)16-26(2,3)32/h6-9,13-15,32H,5,10-12,16H2,1-4H3. The molecule has 0 fully saturated rings. The van der Waals surface area contributed by atoms with Gasteiger partial charge in [-0.15, -0.1) is 0 Å². The molecule has 0 atom stereocenters. The zero-order valence-electron chi connectivity index (χ0n) is 19.2. The molecule has 0 spiro atoms. The van der Waals surface area contributed by atoms with Crippen molar-refractivity contribution >= 4 is 27.8 Å². The van der Waals surface area contributed by atoms with Crippen LogP contribution in [0.1, 0.15) is 43.1 Å². The Morgan fingerprint density at radius 2 is 1.91 bits per heavy atom. The number of amides is 1. The molecule has 1 aliphatic rings. The maximum atomic E-state index is 13.0. The molecule has 6 nitrogen and oxygen atoms in total. The summed E-state index contributed by atoms with van der Waals surface area (Å²) in [4.78, 5) is 19.9. The van der Waals surface area contributed by atoms with Gasteiger partial charge in [0.2, 0.25) is 0 Å². The van der Waals surface area contributed by atoms with Crippen molar-refractivity contribution in [1.29, 1.82) is 0 Å². The highest BCUT2D eigenvalue weighted by atomic mass is 16.3. The molecule has 0 radical (unpaired) electrons. The predicted molar refractivity (Wildman–Crippen MR) is 128 cm³/mol. The third-order valence-electron chi connectivity index (χ3n) is 6.35. The smallest absolute Gasteiger partial charge is 0.254 e. The molecule has 2 aromatic carbocycles. The summed E-state index contributed by atoms with van der Waals surface area (Å²) in [5, 5.41) is 11.7. The van der Waals surface area contributed by atoms with Crippen LogP contribution in [0, 0.1) is 0 Å². The molecule has 0 bridgehead atoms. The van der Waals surface area contributed by atoms with Crippen LogP contribution in [0.4, 0.5) is 0 Å². The maximum Gasteiger partial charge on any atom is 0.254 e. The van der Waals surface area contributed by atoms with Crippen LogP contribution in [0.3, 0.4) is 0 Å². The monoisotopic (exact) mass is 430 g/mol. The molecule has 1 N–H and O–H groups in total. The Hall–Kier alpha value is -3.12. The topological polar surface area (TPSA) is 63.3 Å². The first-order valence-electron chi connectivity index (χ1n) is 11.4. The fraction of sp³-hybridized carbons (Fsp3) is 0.385. The first-order valence-corrected chi connectivity index (χ1v) is 11.4. The third-order valence-corrected chi connectivity index (χ3v) is 6.35. The van der Waals surface area contributed by atoms with Gasteiger partial charge in [-0.05, 0) is 56.5 Å². The van der Waals surface area contributed by atoms with Crippen molar-refractivity contribution in [2.24, 2.45) is 7.05 Å². The summed E-state index contributed by atoms with van der Waals surface area (Å²) in [6.45, 7) is 7.77. The van der Waals surface area contributed by atoms with Gasteiger partial charge in [0.1, 0.15) is 0 Å². The lowest BCUT2D eigenvalue weighted by Gasteiger charge is -2.28. The molecule has 4 aromatic rings. The zero-order chi connectivity index (χ0) is 22.6. The van der Waals surface area contributed by atoms with Crippen molar-refractivity contribution in [1.82, 2.24) is 19.0 Å². The number of benzene rings is 2. The van der Waals surface area contributed by atoms with Gasteiger partial charge in [0.15, 0.2) is 5.82 Å². The second kappa shape index (κ2) is 7.48. The van der Waals surface area contributed by atoms with Crippen LogP contribution in [0.2, 0.25) is 0 Å². The number of para-hydroxylation sites is 1.